The minimum Gasteiger partial charge on any atom is -0.378 e. The first-order valence-corrected chi connectivity index (χ1v) is 6.97. The Morgan fingerprint density at radius 3 is 2.38 bits per heavy atom. The van der Waals surface area contributed by atoms with Gasteiger partial charge in [0.25, 0.3) is 0 Å². The highest BCUT2D eigenvalue weighted by Crippen LogP contribution is 2.18. The van der Waals surface area contributed by atoms with E-state index in [9.17, 15) is 9.18 Å². The fourth-order valence-corrected chi connectivity index (χ4v) is 2.44. The number of hydrogen-bond acceptors (Lipinski definition) is 3. The van der Waals surface area contributed by atoms with Gasteiger partial charge in [0, 0.05) is 29.9 Å². The van der Waals surface area contributed by atoms with Crippen LogP contribution in [0.4, 0.5) is 10.1 Å². The zero-order chi connectivity index (χ0) is 14.7. The molecule has 0 aliphatic carbocycles. The Balaban J connectivity index is 1.78. The maximum absolute atomic E-state index is 13.2. The van der Waals surface area contributed by atoms with Gasteiger partial charge in [-0.2, -0.15) is 0 Å². The van der Waals surface area contributed by atoms with E-state index in [0.717, 1.165) is 32.0 Å². The van der Waals surface area contributed by atoms with Crippen LogP contribution in [-0.2, 0) is 4.74 Å². The average Bonchev–Trinajstić information content (AvgIpc) is 2.55. The molecular formula is C17H16FNO2. The van der Waals surface area contributed by atoms with Crippen molar-refractivity contribution in [3.05, 3.63) is 65.5 Å². The van der Waals surface area contributed by atoms with E-state index in [0.29, 0.717) is 11.1 Å². The number of benzene rings is 2. The van der Waals surface area contributed by atoms with Crippen LogP contribution in [0.2, 0.25) is 0 Å². The van der Waals surface area contributed by atoms with Crippen LogP contribution in [0.25, 0.3) is 0 Å². The molecule has 21 heavy (non-hydrogen) atoms. The normalized spacial score (nSPS) is 15.0. The zero-order valence-electron chi connectivity index (χ0n) is 11.6. The standard InChI is InChI=1S/C17H16FNO2/c18-15-3-1-2-14(12-15)17(20)13-4-6-16(7-5-13)19-8-10-21-11-9-19/h1-7,12H,8-11H2. The van der Waals surface area contributed by atoms with Crippen LogP contribution in [0, 0.1) is 5.82 Å². The fourth-order valence-electron chi connectivity index (χ4n) is 2.44. The lowest BCUT2D eigenvalue weighted by Gasteiger charge is -2.28. The molecule has 2 aromatic rings. The number of morpholine rings is 1. The van der Waals surface area contributed by atoms with Gasteiger partial charge in [0.15, 0.2) is 5.78 Å². The lowest BCUT2D eigenvalue weighted by Crippen LogP contribution is -2.36. The summed E-state index contributed by atoms with van der Waals surface area (Å²) >= 11 is 0. The monoisotopic (exact) mass is 285 g/mol. The molecule has 0 atom stereocenters. The molecule has 1 heterocycles. The molecule has 108 valence electrons. The van der Waals surface area contributed by atoms with Crippen molar-refractivity contribution < 1.29 is 13.9 Å². The topological polar surface area (TPSA) is 29.5 Å². The SMILES string of the molecule is O=C(c1ccc(N2CCOCC2)cc1)c1cccc(F)c1. The highest BCUT2D eigenvalue weighted by Gasteiger charge is 2.13. The fraction of sp³-hybridized carbons (Fsp3) is 0.235. The molecule has 0 bridgehead atoms. The van der Waals surface area contributed by atoms with Crippen LogP contribution in [0.15, 0.2) is 48.5 Å². The number of carbonyl (C=O) groups excluding carboxylic acids is 1. The minimum absolute atomic E-state index is 0.164. The number of nitrogens with zero attached hydrogens (tertiary/aromatic N) is 1. The second kappa shape index (κ2) is 6.06. The molecule has 0 unspecified atom stereocenters. The van der Waals surface area contributed by atoms with Crippen LogP contribution >= 0.6 is 0 Å². The van der Waals surface area contributed by atoms with Gasteiger partial charge in [-0.1, -0.05) is 12.1 Å². The van der Waals surface area contributed by atoms with Crippen molar-refractivity contribution >= 4 is 11.5 Å². The van der Waals surface area contributed by atoms with Gasteiger partial charge in [-0.3, -0.25) is 4.79 Å². The van der Waals surface area contributed by atoms with Gasteiger partial charge in [0.2, 0.25) is 0 Å². The van der Waals surface area contributed by atoms with Crippen LogP contribution in [0.1, 0.15) is 15.9 Å². The summed E-state index contributed by atoms with van der Waals surface area (Å²) in [6.45, 7) is 3.17. The molecule has 3 rings (SSSR count). The van der Waals surface area contributed by atoms with Gasteiger partial charge in [-0.05, 0) is 36.4 Å². The molecule has 3 nitrogen and oxygen atoms in total. The van der Waals surface area contributed by atoms with E-state index in [1.807, 2.05) is 12.1 Å². The van der Waals surface area contributed by atoms with Crippen LogP contribution < -0.4 is 4.90 Å². The van der Waals surface area contributed by atoms with Gasteiger partial charge in [0.05, 0.1) is 13.2 Å². The van der Waals surface area contributed by atoms with Crippen molar-refractivity contribution in [3.63, 3.8) is 0 Å². The van der Waals surface area contributed by atoms with Crippen molar-refractivity contribution in [1.29, 1.82) is 0 Å². The van der Waals surface area contributed by atoms with Crippen molar-refractivity contribution in [2.45, 2.75) is 0 Å². The lowest BCUT2D eigenvalue weighted by molar-refractivity contribution is 0.103. The van der Waals surface area contributed by atoms with Gasteiger partial charge in [-0.25, -0.2) is 4.39 Å². The largest absolute Gasteiger partial charge is 0.378 e. The maximum Gasteiger partial charge on any atom is 0.193 e. The van der Waals surface area contributed by atoms with E-state index in [-0.39, 0.29) is 5.78 Å². The molecule has 0 aromatic heterocycles. The molecule has 0 amide bonds. The first-order valence-electron chi connectivity index (χ1n) is 6.97. The predicted octanol–water partition coefficient (Wildman–Crippen LogP) is 2.89. The molecule has 0 saturated carbocycles. The summed E-state index contributed by atoms with van der Waals surface area (Å²) in [4.78, 5) is 14.5. The second-order valence-corrected chi connectivity index (χ2v) is 4.99. The summed E-state index contributed by atoms with van der Waals surface area (Å²) < 4.78 is 18.5. The number of ether oxygens (including phenoxy) is 1. The maximum atomic E-state index is 13.2. The third-order valence-electron chi connectivity index (χ3n) is 3.59. The lowest BCUT2D eigenvalue weighted by atomic mass is 10.0. The second-order valence-electron chi connectivity index (χ2n) is 4.99. The first-order chi connectivity index (χ1) is 10.2. The smallest absolute Gasteiger partial charge is 0.193 e. The number of rotatable bonds is 3. The van der Waals surface area contributed by atoms with E-state index in [4.69, 9.17) is 4.74 Å². The van der Waals surface area contributed by atoms with Crippen molar-refractivity contribution in [2.24, 2.45) is 0 Å². The molecule has 0 spiro atoms. The molecule has 1 aliphatic rings. The number of ketones is 1. The van der Waals surface area contributed by atoms with E-state index < -0.39 is 5.82 Å². The number of halogens is 1. The molecule has 1 aliphatic heterocycles. The van der Waals surface area contributed by atoms with E-state index in [1.165, 1.54) is 12.1 Å². The summed E-state index contributed by atoms with van der Waals surface area (Å²) in [5.41, 5.74) is 2.01. The Labute approximate surface area is 123 Å². The summed E-state index contributed by atoms with van der Waals surface area (Å²) in [7, 11) is 0. The quantitative estimate of drug-likeness (QED) is 0.812. The highest BCUT2D eigenvalue weighted by molar-refractivity contribution is 6.09. The predicted molar refractivity (Wildman–Crippen MR) is 79.3 cm³/mol. The molecule has 1 fully saturated rings. The Hall–Kier alpha value is -2.20. The molecule has 2 aromatic carbocycles. The summed E-state index contributed by atoms with van der Waals surface area (Å²) in [6.07, 6.45) is 0. The summed E-state index contributed by atoms with van der Waals surface area (Å²) in [5.74, 6) is -0.561. The van der Waals surface area contributed by atoms with Crippen LogP contribution in [-0.4, -0.2) is 32.1 Å². The molecule has 4 heteroatoms. The van der Waals surface area contributed by atoms with Crippen molar-refractivity contribution in [2.75, 3.05) is 31.2 Å². The Morgan fingerprint density at radius 1 is 1.00 bits per heavy atom. The Kier molecular flexibility index (Phi) is 3.97. The highest BCUT2D eigenvalue weighted by atomic mass is 19.1. The van der Waals surface area contributed by atoms with Crippen LogP contribution in [0.3, 0.4) is 0 Å². The number of hydrogen-bond donors (Lipinski definition) is 0. The van der Waals surface area contributed by atoms with E-state index >= 15 is 0 Å². The summed E-state index contributed by atoms with van der Waals surface area (Å²) in [5, 5.41) is 0. The Bertz CT molecular complexity index is 633. The van der Waals surface area contributed by atoms with Gasteiger partial charge in [0.1, 0.15) is 5.82 Å². The third-order valence-corrected chi connectivity index (χ3v) is 3.59. The van der Waals surface area contributed by atoms with Crippen LogP contribution in [0.5, 0.6) is 0 Å². The van der Waals surface area contributed by atoms with E-state index in [1.54, 1.807) is 24.3 Å². The first kappa shape index (κ1) is 13.8. The molecule has 0 radical (unpaired) electrons. The molecular weight excluding hydrogens is 269 g/mol. The third kappa shape index (κ3) is 3.11. The molecule has 0 N–H and O–H groups in total. The average molecular weight is 285 g/mol. The summed E-state index contributed by atoms with van der Waals surface area (Å²) in [6, 6.07) is 13.2. The zero-order valence-corrected chi connectivity index (χ0v) is 11.6. The van der Waals surface area contributed by atoms with E-state index in [2.05, 4.69) is 4.90 Å². The van der Waals surface area contributed by atoms with Gasteiger partial charge < -0.3 is 9.64 Å². The number of carbonyl (C=O) groups is 1. The minimum atomic E-state index is -0.397. The number of anilines is 1. The Morgan fingerprint density at radius 2 is 1.71 bits per heavy atom. The van der Waals surface area contributed by atoms with Crippen molar-refractivity contribution in [1.82, 2.24) is 0 Å². The van der Waals surface area contributed by atoms with Gasteiger partial charge >= 0.3 is 0 Å². The van der Waals surface area contributed by atoms with Crippen molar-refractivity contribution in [3.8, 4) is 0 Å². The molecule has 1 saturated heterocycles. The van der Waals surface area contributed by atoms with Gasteiger partial charge in [-0.15, -0.1) is 0 Å².